The number of hydrogen-bond donors (Lipinski definition) is 4. The van der Waals surface area contributed by atoms with Crippen molar-refractivity contribution < 1.29 is 28.7 Å². The lowest BCUT2D eigenvalue weighted by atomic mass is 9.98. The van der Waals surface area contributed by atoms with E-state index in [2.05, 4.69) is 88.2 Å². The Bertz CT molecular complexity index is 3170. The third kappa shape index (κ3) is 7.56. The van der Waals surface area contributed by atoms with Crippen molar-refractivity contribution in [1.82, 2.24) is 40.4 Å². The van der Waals surface area contributed by atoms with Crippen LogP contribution in [0.3, 0.4) is 0 Å². The molecule has 14 nitrogen and oxygen atoms in total. The molecule has 0 bridgehead atoms. The minimum Gasteiger partial charge on any atom is -0.453 e. The molecule has 6 atom stereocenters. The Morgan fingerprint density at radius 2 is 1.39 bits per heavy atom. The molecule has 4 amide bonds. The third-order valence-corrected chi connectivity index (χ3v) is 14.5. The number of likely N-dealkylation sites (tertiary alicyclic amines) is 2. The van der Waals surface area contributed by atoms with Gasteiger partial charge in [-0.1, -0.05) is 80.6 Å². The highest BCUT2D eigenvalue weighted by atomic mass is 16.5. The molecule has 2 aliphatic carbocycles. The monoisotopic (exact) mass is 898 g/mol. The molecule has 0 spiro atoms. The quantitative estimate of drug-likeness (QED) is 0.0942. The summed E-state index contributed by atoms with van der Waals surface area (Å²) in [5.41, 5.74) is 8.58. The van der Waals surface area contributed by atoms with Crippen molar-refractivity contribution in [3.8, 4) is 11.1 Å². The van der Waals surface area contributed by atoms with Gasteiger partial charge >= 0.3 is 6.09 Å². The minimum absolute atomic E-state index is 0.0339. The number of aromatic amines is 2. The number of rotatable bonds is 12. The number of ether oxygens (including phenoxy) is 2. The molecule has 2 saturated heterocycles. The molecular weight excluding hydrogens is 845 g/mol. The molecule has 14 heteroatoms. The van der Waals surface area contributed by atoms with Crippen LogP contribution in [0.2, 0.25) is 0 Å². The molecule has 4 N–H and O–H groups in total. The number of nitrogens with one attached hydrogen (secondary N) is 4. The summed E-state index contributed by atoms with van der Waals surface area (Å²) in [6.45, 7) is 6.90. The summed E-state index contributed by atoms with van der Waals surface area (Å²) in [7, 11) is 2.99. The Morgan fingerprint density at radius 3 is 1.97 bits per heavy atom. The maximum Gasteiger partial charge on any atom is 0.407 e. The van der Waals surface area contributed by atoms with Crippen molar-refractivity contribution in [2.75, 3.05) is 27.4 Å². The molecule has 3 fully saturated rings. The average molecular weight is 899 g/mol. The van der Waals surface area contributed by atoms with E-state index in [4.69, 9.17) is 19.4 Å². The number of carbonyl (C=O) groups excluding carboxylic acids is 4. The summed E-state index contributed by atoms with van der Waals surface area (Å²) in [4.78, 5) is 75.2. The van der Waals surface area contributed by atoms with Gasteiger partial charge in [0.05, 0.1) is 47.9 Å². The largest absolute Gasteiger partial charge is 0.453 e. The first-order valence-electron chi connectivity index (χ1n) is 23.4. The summed E-state index contributed by atoms with van der Waals surface area (Å²) >= 11 is 0. The standard InChI is InChI=1S/C53H54N8O6/c1-27(2)43(59-53(65)67-5)52(64)61-42(24-38-28(3)47(38)61)49-55-40-20-16-35-23-33(14-18-37(35)46(40)57-49)32-13-17-36-34(22-32)15-19-39-45(36)56-48(54-39)41-21-29(26-66-4)25-60(41)51(63)44(30-9-7-6-8-10-30)58-50(62)31-11-12-31/h6-10,13-20,22-23,27,29,31,38,41-44H,11-12,21,24-26H2,1-5H3,(H,54,56)(H,55,57)(H,58,62)(H,59,65)/t29-,38-,41-,42-,43-,44+/m0/s1. The topological polar surface area (TPSA) is 175 Å². The Hall–Kier alpha value is -7.06. The number of fused-ring (bicyclic) bond motifs is 7. The number of methoxy groups -OCH3 is 2. The van der Waals surface area contributed by atoms with E-state index in [1.807, 2.05) is 54.0 Å². The molecule has 2 aromatic heterocycles. The number of nitrogens with zero attached hydrogens (tertiary/aromatic N) is 4. The number of imidazole rings is 2. The molecule has 0 radical (unpaired) electrons. The fourth-order valence-electron chi connectivity index (χ4n) is 10.7. The zero-order valence-electron chi connectivity index (χ0n) is 38.3. The van der Waals surface area contributed by atoms with Crippen molar-refractivity contribution in [2.45, 2.75) is 70.6 Å². The van der Waals surface area contributed by atoms with Crippen LogP contribution < -0.4 is 10.6 Å². The zero-order chi connectivity index (χ0) is 46.2. The van der Waals surface area contributed by atoms with E-state index < -0.39 is 18.2 Å². The Kier molecular flexibility index (Phi) is 10.6. The van der Waals surface area contributed by atoms with Gasteiger partial charge in [-0.3, -0.25) is 14.4 Å². The average Bonchev–Trinajstić information content (AvgIpc) is 3.95. The molecule has 7 aromatic rings. The summed E-state index contributed by atoms with van der Waals surface area (Å²) in [5.74, 6) is 1.22. The van der Waals surface area contributed by atoms with Gasteiger partial charge in [0.15, 0.2) is 0 Å². The molecule has 2 aliphatic heterocycles. The van der Waals surface area contributed by atoms with Gasteiger partial charge in [0.1, 0.15) is 23.7 Å². The van der Waals surface area contributed by atoms with Crippen LogP contribution in [-0.2, 0) is 23.9 Å². The number of allylic oxidation sites excluding steroid dienone is 2. The van der Waals surface area contributed by atoms with E-state index in [0.717, 1.165) is 91.1 Å². The smallest absolute Gasteiger partial charge is 0.407 e. The highest BCUT2D eigenvalue weighted by molar-refractivity contribution is 6.08. The molecule has 1 saturated carbocycles. The second-order valence-electron chi connectivity index (χ2n) is 19.2. The number of hydrogen-bond acceptors (Lipinski definition) is 8. The molecular formula is C53H54N8O6. The molecule has 4 heterocycles. The normalized spacial score (nSPS) is 21.1. The van der Waals surface area contributed by atoms with E-state index >= 15 is 0 Å². The van der Waals surface area contributed by atoms with Crippen molar-refractivity contribution in [1.29, 1.82) is 0 Å². The Morgan fingerprint density at radius 1 is 0.761 bits per heavy atom. The summed E-state index contributed by atoms with van der Waals surface area (Å²) < 4.78 is 10.4. The molecule has 0 unspecified atom stereocenters. The van der Waals surface area contributed by atoms with Crippen molar-refractivity contribution in [3.05, 3.63) is 119 Å². The van der Waals surface area contributed by atoms with Crippen LogP contribution in [0.5, 0.6) is 0 Å². The Labute approximate surface area is 387 Å². The first-order chi connectivity index (χ1) is 32.5. The van der Waals surface area contributed by atoms with Crippen molar-refractivity contribution >= 4 is 67.4 Å². The lowest BCUT2D eigenvalue weighted by molar-refractivity contribution is -0.138. The molecule has 11 rings (SSSR count). The van der Waals surface area contributed by atoms with Gasteiger partial charge in [0, 0.05) is 47.9 Å². The van der Waals surface area contributed by atoms with Gasteiger partial charge in [-0.15, -0.1) is 0 Å². The second-order valence-corrected chi connectivity index (χ2v) is 19.2. The lowest BCUT2D eigenvalue weighted by Crippen LogP contribution is -2.50. The predicted molar refractivity (Wildman–Crippen MR) is 255 cm³/mol. The van der Waals surface area contributed by atoms with Gasteiger partial charge < -0.3 is 39.9 Å². The Balaban J connectivity index is 0.872. The highest BCUT2D eigenvalue weighted by Gasteiger charge is 2.53. The molecule has 67 heavy (non-hydrogen) atoms. The number of aromatic nitrogens is 4. The number of amides is 4. The zero-order valence-corrected chi connectivity index (χ0v) is 38.3. The van der Waals surface area contributed by atoms with Crippen LogP contribution in [0.15, 0.2) is 102 Å². The third-order valence-electron chi connectivity index (χ3n) is 14.5. The first kappa shape index (κ1) is 42.6. The molecule has 5 aromatic carbocycles. The maximum absolute atomic E-state index is 14.6. The fraction of sp³-hybridized carbons (Fsp3) is 0.358. The van der Waals surface area contributed by atoms with E-state index in [9.17, 15) is 19.2 Å². The van der Waals surface area contributed by atoms with E-state index in [1.54, 1.807) is 7.11 Å². The van der Waals surface area contributed by atoms with Crippen LogP contribution in [0.4, 0.5) is 4.79 Å². The molecule has 342 valence electrons. The van der Waals surface area contributed by atoms with E-state index in [1.165, 1.54) is 12.7 Å². The van der Waals surface area contributed by atoms with Gasteiger partial charge in [-0.05, 0) is 95.8 Å². The van der Waals surface area contributed by atoms with Crippen LogP contribution in [0, 0.1) is 23.7 Å². The van der Waals surface area contributed by atoms with Gasteiger partial charge in [-0.25, -0.2) is 14.8 Å². The van der Waals surface area contributed by atoms with Gasteiger partial charge in [0.2, 0.25) is 17.7 Å². The SMILES string of the molecule is COC[C@H]1C[C@@H](c2nc3c(ccc4cc(-c5ccc6c(ccc7[nH]c([C@@H]8C[C@H]9C(C)=C9N8C(=O)[C@@H](NC(=O)OC)C(C)C)nc76)c5)ccc43)[nH]2)N(C(=O)[C@H](NC(=O)C2CC2)c2ccccc2)C1. The van der Waals surface area contributed by atoms with Crippen LogP contribution in [-0.4, -0.2) is 87.0 Å². The van der Waals surface area contributed by atoms with Gasteiger partial charge in [0.25, 0.3) is 0 Å². The minimum atomic E-state index is -0.797. The fourth-order valence-corrected chi connectivity index (χ4v) is 10.7. The lowest BCUT2D eigenvalue weighted by Gasteiger charge is -2.30. The molecule has 4 aliphatic rings. The highest BCUT2D eigenvalue weighted by Crippen LogP contribution is 2.57. The first-order valence-corrected chi connectivity index (χ1v) is 23.4. The predicted octanol–water partition coefficient (Wildman–Crippen LogP) is 8.77. The van der Waals surface area contributed by atoms with E-state index in [0.29, 0.717) is 25.4 Å². The van der Waals surface area contributed by atoms with Crippen LogP contribution in [0.25, 0.3) is 54.7 Å². The maximum atomic E-state index is 14.6. The number of H-pyrrole nitrogens is 2. The van der Waals surface area contributed by atoms with Crippen LogP contribution >= 0.6 is 0 Å². The van der Waals surface area contributed by atoms with Crippen LogP contribution in [0.1, 0.15) is 81.8 Å². The van der Waals surface area contributed by atoms with Gasteiger partial charge in [-0.2, -0.15) is 0 Å². The van der Waals surface area contributed by atoms with Crippen molar-refractivity contribution in [2.24, 2.45) is 23.7 Å². The number of carbonyl (C=O) groups is 4. The summed E-state index contributed by atoms with van der Waals surface area (Å²) in [6.07, 6.45) is 2.49. The number of alkyl carbamates (subject to hydrolysis) is 1. The van der Waals surface area contributed by atoms with Crippen molar-refractivity contribution in [3.63, 3.8) is 0 Å². The summed E-state index contributed by atoms with van der Waals surface area (Å²) in [5, 5.41) is 9.94. The number of benzene rings is 5. The van der Waals surface area contributed by atoms with E-state index in [-0.39, 0.29) is 53.5 Å². The second kappa shape index (κ2) is 16.7. The summed E-state index contributed by atoms with van der Waals surface area (Å²) in [6, 6.07) is 28.5.